The van der Waals surface area contributed by atoms with Crippen LogP contribution in [0.4, 0.5) is 4.39 Å². The number of amides is 1. The molecule has 0 bridgehead atoms. The summed E-state index contributed by atoms with van der Waals surface area (Å²) in [5.74, 6) is -1.52. The van der Waals surface area contributed by atoms with E-state index in [1.807, 2.05) is 0 Å². The van der Waals surface area contributed by atoms with E-state index in [9.17, 15) is 14.0 Å². The third-order valence-electron chi connectivity index (χ3n) is 1.94. The molecule has 1 amide bonds. The molecular formula is C7H10FNO3. The quantitative estimate of drug-likeness (QED) is 0.611. The standard InChI is InChI=1S/C7H10FNO3/c1-4(10)9-3-5(8)2-6(9)7(11)12/h5-6H,2-3H2,1H3,(H,11,12)/t5-,6+/m0/s1. The predicted molar refractivity (Wildman–Crippen MR) is 38.3 cm³/mol. The van der Waals surface area contributed by atoms with E-state index in [2.05, 4.69) is 0 Å². The van der Waals surface area contributed by atoms with Crippen LogP contribution >= 0.6 is 0 Å². The summed E-state index contributed by atoms with van der Waals surface area (Å²) in [7, 11) is 0. The summed E-state index contributed by atoms with van der Waals surface area (Å²) < 4.78 is 12.7. The molecular weight excluding hydrogens is 165 g/mol. The molecule has 0 saturated carbocycles. The lowest BCUT2D eigenvalue weighted by molar-refractivity contribution is -0.147. The van der Waals surface area contributed by atoms with Gasteiger partial charge in [-0.05, 0) is 0 Å². The average molecular weight is 175 g/mol. The zero-order valence-electron chi connectivity index (χ0n) is 6.66. The Morgan fingerprint density at radius 3 is 2.50 bits per heavy atom. The molecule has 1 aliphatic rings. The molecule has 1 aliphatic heterocycles. The number of carbonyl (C=O) groups is 2. The number of carbonyl (C=O) groups excluding carboxylic acids is 1. The van der Waals surface area contributed by atoms with Gasteiger partial charge in [0.15, 0.2) is 0 Å². The first-order valence-corrected chi connectivity index (χ1v) is 3.66. The second kappa shape index (κ2) is 3.08. The SMILES string of the molecule is CC(=O)N1C[C@@H](F)C[C@@H]1C(=O)O. The van der Waals surface area contributed by atoms with Crippen molar-refractivity contribution in [2.45, 2.75) is 25.6 Å². The van der Waals surface area contributed by atoms with Crippen molar-refractivity contribution in [3.8, 4) is 0 Å². The molecule has 0 unspecified atom stereocenters. The number of hydrogen-bond donors (Lipinski definition) is 1. The molecule has 1 saturated heterocycles. The van der Waals surface area contributed by atoms with Crippen LogP contribution in [0.15, 0.2) is 0 Å². The van der Waals surface area contributed by atoms with Gasteiger partial charge in [0.25, 0.3) is 0 Å². The third kappa shape index (κ3) is 1.54. The van der Waals surface area contributed by atoms with Gasteiger partial charge in [0.05, 0.1) is 6.54 Å². The van der Waals surface area contributed by atoms with Gasteiger partial charge in [0.2, 0.25) is 5.91 Å². The monoisotopic (exact) mass is 175 g/mol. The Bertz CT molecular complexity index is 197. The third-order valence-corrected chi connectivity index (χ3v) is 1.94. The van der Waals surface area contributed by atoms with Crippen molar-refractivity contribution in [1.82, 2.24) is 4.90 Å². The van der Waals surface area contributed by atoms with E-state index in [-0.39, 0.29) is 18.9 Å². The number of carboxylic acids is 1. The van der Waals surface area contributed by atoms with Gasteiger partial charge < -0.3 is 10.0 Å². The Labute approximate surface area is 69.0 Å². The molecule has 1 heterocycles. The van der Waals surface area contributed by atoms with Crippen LogP contribution in [0.3, 0.4) is 0 Å². The van der Waals surface area contributed by atoms with E-state index in [0.29, 0.717) is 0 Å². The largest absolute Gasteiger partial charge is 0.480 e. The molecule has 1 rings (SSSR count). The number of hydrogen-bond acceptors (Lipinski definition) is 2. The lowest BCUT2D eigenvalue weighted by Crippen LogP contribution is -2.39. The first-order valence-electron chi connectivity index (χ1n) is 3.66. The molecule has 68 valence electrons. The van der Waals surface area contributed by atoms with E-state index in [1.165, 1.54) is 6.92 Å². The van der Waals surface area contributed by atoms with Gasteiger partial charge in [-0.3, -0.25) is 4.79 Å². The number of alkyl halides is 1. The fraction of sp³-hybridized carbons (Fsp3) is 0.714. The highest BCUT2D eigenvalue weighted by Gasteiger charge is 2.38. The Hall–Kier alpha value is -1.13. The first kappa shape index (κ1) is 8.96. The fourth-order valence-electron chi connectivity index (χ4n) is 1.37. The molecule has 2 atom stereocenters. The topological polar surface area (TPSA) is 57.6 Å². The summed E-state index contributed by atoms with van der Waals surface area (Å²) in [6, 6.07) is -0.975. The maximum Gasteiger partial charge on any atom is 0.326 e. The molecule has 0 aromatic heterocycles. The molecule has 0 aromatic carbocycles. The molecule has 5 heteroatoms. The van der Waals surface area contributed by atoms with Crippen molar-refractivity contribution in [3.05, 3.63) is 0 Å². The zero-order chi connectivity index (χ0) is 9.30. The van der Waals surface area contributed by atoms with Crippen LogP contribution in [0, 0.1) is 0 Å². The first-order chi connectivity index (χ1) is 5.52. The Morgan fingerprint density at radius 1 is 1.58 bits per heavy atom. The van der Waals surface area contributed by atoms with Gasteiger partial charge in [-0.1, -0.05) is 0 Å². The van der Waals surface area contributed by atoms with Gasteiger partial charge >= 0.3 is 5.97 Å². The van der Waals surface area contributed by atoms with Gasteiger partial charge in [0, 0.05) is 13.3 Å². The molecule has 1 N–H and O–H groups in total. The van der Waals surface area contributed by atoms with E-state index in [4.69, 9.17) is 5.11 Å². The number of aliphatic carboxylic acids is 1. The van der Waals surface area contributed by atoms with Gasteiger partial charge in [-0.25, -0.2) is 9.18 Å². The highest BCUT2D eigenvalue weighted by atomic mass is 19.1. The second-order valence-electron chi connectivity index (χ2n) is 2.86. The van der Waals surface area contributed by atoms with E-state index < -0.39 is 18.2 Å². The smallest absolute Gasteiger partial charge is 0.326 e. The molecule has 12 heavy (non-hydrogen) atoms. The van der Waals surface area contributed by atoms with Crippen LogP contribution < -0.4 is 0 Å². The number of halogens is 1. The highest BCUT2D eigenvalue weighted by Crippen LogP contribution is 2.20. The van der Waals surface area contributed by atoms with Crippen LogP contribution in [0.2, 0.25) is 0 Å². The number of rotatable bonds is 1. The summed E-state index contributed by atoms with van der Waals surface area (Å²) >= 11 is 0. The van der Waals surface area contributed by atoms with Crippen molar-refractivity contribution < 1.29 is 19.1 Å². The number of nitrogens with zero attached hydrogens (tertiary/aromatic N) is 1. The van der Waals surface area contributed by atoms with Gasteiger partial charge in [-0.2, -0.15) is 0 Å². The minimum atomic E-state index is -1.20. The minimum absolute atomic E-state index is 0.0884. The average Bonchev–Trinajstić information content (AvgIpc) is 2.31. The summed E-state index contributed by atoms with van der Waals surface area (Å²) in [4.78, 5) is 22.4. The van der Waals surface area contributed by atoms with Crippen molar-refractivity contribution in [2.75, 3.05) is 6.54 Å². The normalized spacial score (nSPS) is 29.0. The van der Waals surface area contributed by atoms with Gasteiger partial charge in [0.1, 0.15) is 12.2 Å². The van der Waals surface area contributed by atoms with Crippen molar-refractivity contribution in [1.29, 1.82) is 0 Å². The van der Waals surface area contributed by atoms with Crippen LogP contribution in [-0.4, -0.2) is 40.6 Å². The van der Waals surface area contributed by atoms with Crippen molar-refractivity contribution in [3.63, 3.8) is 0 Å². The number of carboxylic acid groups (broad SMARTS) is 1. The maximum absolute atomic E-state index is 12.7. The van der Waals surface area contributed by atoms with E-state index in [0.717, 1.165) is 4.90 Å². The summed E-state index contributed by atoms with van der Waals surface area (Å²) in [5.41, 5.74) is 0. The summed E-state index contributed by atoms with van der Waals surface area (Å²) in [6.07, 6.45) is -1.29. The van der Waals surface area contributed by atoms with Crippen LogP contribution in [0.25, 0.3) is 0 Å². The molecule has 0 radical (unpaired) electrons. The molecule has 0 aromatic rings. The maximum atomic E-state index is 12.7. The Kier molecular flexibility index (Phi) is 2.30. The highest BCUT2D eigenvalue weighted by molar-refractivity contribution is 5.83. The summed E-state index contributed by atoms with van der Waals surface area (Å²) in [6.45, 7) is 1.15. The van der Waals surface area contributed by atoms with Crippen LogP contribution in [-0.2, 0) is 9.59 Å². The molecule has 4 nitrogen and oxygen atoms in total. The van der Waals surface area contributed by atoms with E-state index in [1.54, 1.807) is 0 Å². The minimum Gasteiger partial charge on any atom is -0.480 e. The fourth-order valence-corrected chi connectivity index (χ4v) is 1.37. The lowest BCUT2D eigenvalue weighted by atomic mass is 10.2. The van der Waals surface area contributed by atoms with Gasteiger partial charge in [-0.15, -0.1) is 0 Å². The lowest BCUT2D eigenvalue weighted by Gasteiger charge is -2.18. The molecule has 0 spiro atoms. The second-order valence-corrected chi connectivity index (χ2v) is 2.86. The van der Waals surface area contributed by atoms with Crippen molar-refractivity contribution in [2.24, 2.45) is 0 Å². The molecule has 0 aliphatic carbocycles. The molecule has 1 fully saturated rings. The van der Waals surface area contributed by atoms with Crippen LogP contribution in [0.5, 0.6) is 0 Å². The van der Waals surface area contributed by atoms with Crippen molar-refractivity contribution >= 4 is 11.9 Å². The van der Waals surface area contributed by atoms with E-state index >= 15 is 0 Å². The predicted octanol–water partition coefficient (Wildman–Crippen LogP) is 0.0299. The van der Waals surface area contributed by atoms with Crippen LogP contribution in [0.1, 0.15) is 13.3 Å². The number of likely N-dealkylation sites (tertiary alicyclic amines) is 1. The Morgan fingerprint density at radius 2 is 2.17 bits per heavy atom. The Balaban J connectivity index is 2.72. The zero-order valence-corrected chi connectivity index (χ0v) is 6.66. The summed E-state index contributed by atoms with van der Waals surface area (Å²) in [5, 5.41) is 8.59.